The van der Waals surface area contributed by atoms with Gasteiger partial charge in [-0.3, -0.25) is 4.79 Å². The van der Waals surface area contributed by atoms with Crippen molar-refractivity contribution >= 4 is 23.5 Å². The largest absolute Gasteiger partial charge is 0.489 e. The highest BCUT2D eigenvalue weighted by atomic mass is 35.5. The Bertz CT molecular complexity index is 965. The summed E-state index contributed by atoms with van der Waals surface area (Å²) in [4.78, 5) is 25.7. The molecule has 1 aromatic carbocycles. The fraction of sp³-hybridized carbons (Fsp3) is 0.667. The highest BCUT2D eigenvalue weighted by molar-refractivity contribution is 6.24. The lowest BCUT2D eigenvalue weighted by atomic mass is 9.80. The molecule has 0 radical (unpaired) electrons. The first kappa shape index (κ1) is 19.8. The summed E-state index contributed by atoms with van der Waals surface area (Å²) >= 11 is 6.93. The van der Waals surface area contributed by atoms with Gasteiger partial charge in [-0.25, -0.2) is 9.18 Å². The third-order valence-corrected chi connectivity index (χ3v) is 8.98. The number of carboxylic acids is 1. The zero-order valence-electron chi connectivity index (χ0n) is 17.4. The predicted octanol–water partition coefficient (Wildman–Crippen LogP) is 4.57. The number of carbonyl (C=O) groups is 2. The van der Waals surface area contributed by atoms with E-state index in [9.17, 15) is 14.7 Å². The Morgan fingerprint density at radius 1 is 1.19 bits per heavy atom. The fourth-order valence-corrected chi connectivity index (χ4v) is 7.58. The molecule has 3 unspecified atom stereocenters. The number of amides is 1. The van der Waals surface area contributed by atoms with E-state index in [1.54, 1.807) is 6.07 Å². The number of hydrogen-bond donors (Lipinski definition) is 1. The lowest BCUT2D eigenvalue weighted by molar-refractivity contribution is -0.141. The van der Waals surface area contributed by atoms with E-state index in [0.29, 0.717) is 42.9 Å². The van der Waals surface area contributed by atoms with Crippen molar-refractivity contribution in [2.24, 2.45) is 17.8 Å². The highest BCUT2D eigenvalue weighted by Gasteiger charge is 2.63. The Balaban J connectivity index is 1.30. The van der Waals surface area contributed by atoms with Crippen molar-refractivity contribution in [1.82, 2.24) is 4.90 Å². The van der Waals surface area contributed by atoms with Gasteiger partial charge in [0.2, 0.25) is 0 Å². The second kappa shape index (κ2) is 6.84. The maximum atomic E-state index is 15.2. The summed E-state index contributed by atoms with van der Waals surface area (Å²) in [6.45, 7) is 0.344. The zero-order valence-corrected chi connectivity index (χ0v) is 18.1. The van der Waals surface area contributed by atoms with Crippen LogP contribution in [0.3, 0.4) is 0 Å². The van der Waals surface area contributed by atoms with Gasteiger partial charge in [-0.2, -0.15) is 0 Å². The first-order chi connectivity index (χ1) is 14.8. The maximum Gasteiger partial charge on any atom is 0.326 e. The molecule has 5 saturated carbocycles. The van der Waals surface area contributed by atoms with Crippen LogP contribution in [-0.2, 0) is 4.79 Å². The molecule has 166 valence electrons. The first-order valence-corrected chi connectivity index (χ1v) is 11.9. The lowest BCUT2D eigenvalue weighted by Gasteiger charge is -2.33. The normalized spacial score (nSPS) is 38.1. The van der Waals surface area contributed by atoms with Gasteiger partial charge in [-0.05, 0) is 80.8 Å². The fourth-order valence-electron chi connectivity index (χ4n) is 6.95. The van der Waals surface area contributed by atoms with Gasteiger partial charge in [-0.1, -0.05) is 0 Å². The second-order valence-corrected chi connectivity index (χ2v) is 11.1. The van der Waals surface area contributed by atoms with E-state index in [1.807, 2.05) is 0 Å². The minimum Gasteiger partial charge on any atom is -0.489 e. The molecule has 6 fully saturated rings. The highest BCUT2D eigenvalue weighted by Crippen LogP contribution is 2.64. The Labute approximate surface area is 185 Å². The summed E-state index contributed by atoms with van der Waals surface area (Å²) < 4.78 is 21.7. The average Bonchev–Trinajstić information content (AvgIpc) is 3.33. The van der Waals surface area contributed by atoms with E-state index in [1.165, 1.54) is 11.0 Å². The van der Waals surface area contributed by atoms with Crippen LogP contribution in [0.1, 0.15) is 73.2 Å². The second-order valence-electron chi connectivity index (χ2n) is 10.4. The lowest BCUT2D eigenvalue weighted by Crippen LogP contribution is -2.40. The summed E-state index contributed by atoms with van der Waals surface area (Å²) in [5.74, 6) is 0.0632. The van der Waals surface area contributed by atoms with Crippen LogP contribution in [0.2, 0.25) is 0 Å². The van der Waals surface area contributed by atoms with E-state index < -0.39 is 23.7 Å². The van der Waals surface area contributed by atoms with Crippen LogP contribution < -0.4 is 4.74 Å². The van der Waals surface area contributed by atoms with Crippen molar-refractivity contribution < 1.29 is 23.8 Å². The van der Waals surface area contributed by atoms with Crippen molar-refractivity contribution in [3.05, 3.63) is 29.1 Å². The van der Waals surface area contributed by atoms with Gasteiger partial charge < -0.3 is 14.7 Å². The van der Waals surface area contributed by atoms with Gasteiger partial charge in [0.05, 0.1) is 10.4 Å². The molecule has 7 heteroatoms. The molecule has 4 bridgehead atoms. The molecule has 6 atom stereocenters. The first-order valence-electron chi connectivity index (χ1n) is 11.6. The van der Waals surface area contributed by atoms with Crippen LogP contribution in [0.4, 0.5) is 4.39 Å². The molecule has 5 nitrogen and oxygen atoms in total. The minimum absolute atomic E-state index is 0.0182. The number of likely N-dealkylation sites (tertiary alicyclic amines) is 1. The van der Waals surface area contributed by atoms with Gasteiger partial charge in [0.15, 0.2) is 0 Å². The number of carboxylic acid groups (broad SMARTS) is 1. The molecule has 1 aliphatic heterocycles. The summed E-state index contributed by atoms with van der Waals surface area (Å²) in [7, 11) is 0. The molecule has 31 heavy (non-hydrogen) atoms. The third-order valence-electron chi connectivity index (χ3n) is 8.39. The van der Waals surface area contributed by atoms with E-state index in [-0.39, 0.29) is 22.5 Å². The van der Waals surface area contributed by atoms with Crippen LogP contribution in [-0.4, -0.2) is 45.4 Å². The quantitative estimate of drug-likeness (QED) is 0.671. The summed E-state index contributed by atoms with van der Waals surface area (Å²) in [6, 6.07) is 2.12. The molecule has 5 aliphatic carbocycles. The molecule has 7 rings (SSSR count). The predicted molar refractivity (Wildman–Crippen MR) is 112 cm³/mol. The number of carbonyl (C=O) groups excluding carboxylic acids is 1. The molecule has 1 N–H and O–H groups in total. The Morgan fingerprint density at radius 3 is 2.71 bits per heavy atom. The number of rotatable bonds is 5. The van der Waals surface area contributed by atoms with Gasteiger partial charge in [0, 0.05) is 18.5 Å². The molecule has 1 amide bonds. The van der Waals surface area contributed by atoms with Crippen LogP contribution >= 0.6 is 11.6 Å². The van der Waals surface area contributed by atoms with E-state index >= 15 is 4.39 Å². The molecule has 1 heterocycles. The summed E-state index contributed by atoms with van der Waals surface area (Å²) in [5.41, 5.74) is 0.849. The van der Waals surface area contributed by atoms with Gasteiger partial charge in [0.25, 0.3) is 5.91 Å². The Morgan fingerprint density at radius 2 is 2.00 bits per heavy atom. The summed E-state index contributed by atoms with van der Waals surface area (Å²) in [5, 5.41) is 9.41. The van der Waals surface area contributed by atoms with Crippen molar-refractivity contribution in [2.45, 2.75) is 74.3 Å². The van der Waals surface area contributed by atoms with Crippen LogP contribution in [0.15, 0.2) is 12.1 Å². The van der Waals surface area contributed by atoms with E-state index in [2.05, 4.69) is 0 Å². The number of alkyl halides is 1. The van der Waals surface area contributed by atoms with Gasteiger partial charge >= 0.3 is 5.97 Å². The molecule has 0 spiro atoms. The molecule has 0 aromatic heterocycles. The van der Waals surface area contributed by atoms with Crippen molar-refractivity contribution in [3.8, 4) is 5.75 Å². The molecular weight excluding hydrogens is 421 g/mol. The zero-order chi connectivity index (χ0) is 21.5. The SMILES string of the molecule is O=C(O)[C@@H]1CCCN1C(=O)c1cc(C2CC2)c(O[C@H]2C3CC4C[C@@H]2C(Cl)(C4)C3)cc1F. The number of aliphatic carboxylic acids is 1. The van der Waals surface area contributed by atoms with E-state index in [0.717, 1.165) is 44.1 Å². The molecule has 1 aromatic rings. The monoisotopic (exact) mass is 447 g/mol. The topological polar surface area (TPSA) is 66.8 Å². The van der Waals surface area contributed by atoms with Crippen molar-refractivity contribution in [3.63, 3.8) is 0 Å². The minimum atomic E-state index is -1.03. The Kier molecular flexibility index (Phi) is 4.37. The van der Waals surface area contributed by atoms with Gasteiger partial charge in [-0.15, -0.1) is 11.6 Å². The smallest absolute Gasteiger partial charge is 0.326 e. The third kappa shape index (κ3) is 3.08. The number of nitrogens with zero attached hydrogens (tertiary/aromatic N) is 1. The van der Waals surface area contributed by atoms with Crippen molar-refractivity contribution in [2.75, 3.05) is 6.54 Å². The molecule has 1 saturated heterocycles. The van der Waals surface area contributed by atoms with Gasteiger partial charge in [0.1, 0.15) is 23.7 Å². The molecule has 6 aliphatic rings. The number of halogens is 2. The van der Waals surface area contributed by atoms with Crippen molar-refractivity contribution in [1.29, 1.82) is 0 Å². The van der Waals surface area contributed by atoms with Crippen LogP contribution in [0.25, 0.3) is 0 Å². The molecular formula is C24H27ClFNO4. The number of hydrogen-bond acceptors (Lipinski definition) is 3. The number of ether oxygens (including phenoxy) is 1. The summed E-state index contributed by atoms with van der Waals surface area (Å²) in [6.07, 6.45) is 7.30. The Hall–Kier alpha value is -1.82. The van der Waals surface area contributed by atoms with E-state index in [4.69, 9.17) is 16.3 Å². The average molecular weight is 448 g/mol. The van der Waals surface area contributed by atoms with Crippen LogP contribution in [0, 0.1) is 23.6 Å². The van der Waals surface area contributed by atoms with Crippen LogP contribution in [0.5, 0.6) is 5.75 Å². The maximum absolute atomic E-state index is 15.2. The standard InChI is InChI=1S/C24H27ClFNO4/c25-24-10-12-6-14(11-24)21(17(24)7-12)31-20-9-18(26)16(8-15(20)13-3-4-13)22(28)27-5-1-2-19(27)23(29)30/h8-9,12-14,17,19,21H,1-7,10-11H2,(H,29,30)/t12?,14?,17-,19-,21-,24?/m0/s1. The number of benzene rings is 1.